The number of benzene rings is 1. The number of anilines is 2. The summed E-state index contributed by atoms with van der Waals surface area (Å²) in [5.74, 6) is 0. The molecule has 25 heavy (non-hydrogen) atoms. The first kappa shape index (κ1) is 19.3. The molecular weight excluding hydrogens is 341 g/mol. The Morgan fingerprint density at radius 2 is 1.80 bits per heavy atom. The summed E-state index contributed by atoms with van der Waals surface area (Å²) in [7, 11) is 0. The van der Waals surface area contributed by atoms with E-state index >= 15 is 0 Å². The van der Waals surface area contributed by atoms with Gasteiger partial charge in [0.1, 0.15) is 0 Å². The third kappa shape index (κ3) is 6.79. The predicted octanol–water partition coefficient (Wildman–Crippen LogP) is 3.04. The number of fused-ring (bicyclic) bond motifs is 1. The highest BCUT2D eigenvalue weighted by Gasteiger charge is 2.31. The van der Waals surface area contributed by atoms with E-state index in [1.807, 2.05) is 0 Å². The maximum Gasteiger partial charge on any atom is 0.422 e. The first-order valence-corrected chi connectivity index (χ1v) is 7.97. The summed E-state index contributed by atoms with van der Waals surface area (Å²) in [6.07, 6.45) is -4.86. The van der Waals surface area contributed by atoms with Gasteiger partial charge in [0, 0.05) is 13.1 Å². The molecule has 9 heteroatoms. The molecule has 6 nitrogen and oxygen atoms in total. The van der Waals surface area contributed by atoms with Gasteiger partial charge in [-0.25, -0.2) is 4.79 Å². The first-order valence-electron chi connectivity index (χ1n) is 7.97. The Morgan fingerprint density at radius 1 is 1.16 bits per heavy atom. The van der Waals surface area contributed by atoms with E-state index in [-0.39, 0.29) is 0 Å². The van der Waals surface area contributed by atoms with Crippen LogP contribution in [0.4, 0.5) is 29.3 Å². The second-order valence-corrected chi connectivity index (χ2v) is 5.34. The van der Waals surface area contributed by atoms with E-state index in [1.54, 1.807) is 24.3 Å². The Bertz CT molecular complexity index is 539. The van der Waals surface area contributed by atoms with Gasteiger partial charge in [-0.1, -0.05) is 12.1 Å². The molecule has 1 aromatic rings. The summed E-state index contributed by atoms with van der Waals surface area (Å²) < 4.78 is 50.3. The minimum atomic E-state index is -4.51. The molecule has 1 fully saturated rings. The zero-order chi connectivity index (χ0) is 18.1. The molecule has 2 aliphatic rings. The topological polar surface area (TPSA) is 60.0 Å². The standard InChI is InChI=1S/C12H13F3N2O2.C4H8O2/c13-12(14,15)8-19-11(18)17-7-3-6-16-9-4-1-2-5-10(9)17;1-2-6-4-3-5-1/h1-2,4-5,16H,3,6-8H2;1-4H2. The molecule has 0 aromatic heterocycles. The first-order chi connectivity index (χ1) is 12.0. The maximum absolute atomic E-state index is 12.1. The van der Waals surface area contributed by atoms with Crippen LogP contribution in [0.2, 0.25) is 0 Å². The predicted molar refractivity (Wildman–Crippen MR) is 85.9 cm³/mol. The van der Waals surface area contributed by atoms with Gasteiger partial charge in [-0.15, -0.1) is 0 Å². The van der Waals surface area contributed by atoms with Crippen molar-refractivity contribution in [2.45, 2.75) is 12.6 Å². The van der Waals surface area contributed by atoms with Gasteiger partial charge in [0.2, 0.25) is 0 Å². The van der Waals surface area contributed by atoms with Crippen LogP contribution >= 0.6 is 0 Å². The van der Waals surface area contributed by atoms with Crippen molar-refractivity contribution in [1.29, 1.82) is 0 Å². The molecule has 3 rings (SSSR count). The summed E-state index contributed by atoms with van der Waals surface area (Å²) in [6.45, 7) is 2.51. The van der Waals surface area contributed by atoms with Crippen molar-refractivity contribution in [2.75, 3.05) is 56.3 Å². The highest BCUT2D eigenvalue weighted by molar-refractivity contribution is 5.92. The van der Waals surface area contributed by atoms with E-state index in [9.17, 15) is 18.0 Å². The molecule has 0 radical (unpaired) electrons. The molecule has 0 aliphatic carbocycles. The van der Waals surface area contributed by atoms with Crippen LogP contribution in [-0.4, -0.2) is 58.4 Å². The lowest BCUT2D eigenvalue weighted by molar-refractivity contribution is -0.159. The molecule has 2 aliphatic heterocycles. The number of rotatable bonds is 1. The van der Waals surface area contributed by atoms with Gasteiger partial charge >= 0.3 is 12.3 Å². The van der Waals surface area contributed by atoms with Crippen molar-refractivity contribution in [3.05, 3.63) is 24.3 Å². The van der Waals surface area contributed by atoms with Crippen molar-refractivity contribution >= 4 is 17.5 Å². The molecule has 1 N–H and O–H groups in total. The van der Waals surface area contributed by atoms with Crippen LogP contribution in [0.15, 0.2) is 24.3 Å². The van der Waals surface area contributed by atoms with Crippen LogP contribution in [0.3, 0.4) is 0 Å². The summed E-state index contributed by atoms with van der Waals surface area (Å²) in [6, 6.07) is 6.94. The Kier molecular flexibility index (Phi) is 7.32. The zero-order valence-electron chi connectivity index (χ0n) is 13.7. The minimum Gasteiger partial charge on any atom is -0.439 e. The van der Waals surface area contributed by atoms with E-state index in [1.165, 1.54) is 4.90 Å². The number of halogens is 3. The Labute approximate surface area is 143 Å². The lowest BCUT2D eigenvalue weighted by Gasteiger charge is -2.22. The second-order valence-electron chi connectivity index (χ2n) is 5.34. The summed E-state index contributed by atoms with van der Waals surface area (Å²) in [5.41, 5.74) is 1.25. The van der Waals surface area contributed by atoms with Crippen LogP contribution < -0.4 is 10.2 Å². The van der Waals surface area contributed by atoms with Gasteiger partial charge in [-0.3, -0.25) is 4.90 Å². The fourth-order valence-electron chi connectivity index (χ4n) is 2.29. The molecule has 1 aromatic carbocycles. The van der Waals surface area contributed by atoms with Crippen molar-refractivity contribution < 1.29 is 32.2 Å². The molecule has 140 valence electrons. The average molecular weight is 362 g/mol. The number of para-hydroxylation sites is 2. The zero-order valence-corrected chi connectivity index (χ0v) is 13.7. The van der Waals surface area contributed by atoms with E-state index in [0.29, 0.717) is 30.9 Å². The number of nitrogens with zero attached hydrogens (tertiary/aromatic N) is 1. The van der Waals surface area contributed by atoms with E-state index in [4.69, 9.17) is 9.47 Å². The largest absolute Gasteiger partial charge is 0.439 e. The molecule has 1 saturated heterocycles. The van der Waals surface area contributed by atoms with Crippen molar-refractivity contribution in [1.82, 2.24) is 0 Å². The SMILES string of the molecule is C1COCCO1.O=C(OCC(F)(F)F)N1CCCNc2ccccc21. The Balaban J connectivity index is 0.000000316. The van der Waals surface area contributed by atoms with Gasteiger partial charge in [0.25, 0.3) is 0 Å². The number of amides is 1. The van der Waals surface area contributed by atoms with Gasteiger partial charge in [-0.2, -0.15) is 13.2 Å². The summed E-state index contributed by atoms with van der Waals surface area (Å²) in [5, 5.41) is 3.11. The van der Waals surface area contributed by atoms with Crippen LogP contribution in [-0.2, 0) is 14.2 Å². The van der Waals surface area contributed by atoms with Gasteiger partial charge in [0.05, 0.1) is 37.8 Å². The number of carbonyl (C=O) groups is 1. The van der Waals surface area contributed by atoms with E-state index in [0.717, 1.165) is 26.4 Å². The highest BCUT2D eigenvalue weighted by atomic mass is 19.4. The second kappa shape index (κ2) is 9.47. The molecule has 0 atom stereocenters. The van der Waals surface area contributed by atoms with Gasteiger partial charge < -0.3 is 19.5 Å². The fourth-order valence-corrected chi connectivity index (χ4v) is 2.29. The quantitative estimate of drug-likeness (QED) is 0.832. The number of ether oxygens (including phenoxy) is 3. The molecule has 1 amide bonds. The molecule has 0 spiro atoms. The third-order valence-corrected chi connectivity index (χ3v) is 3.39. The number of alkyl halides is 3. The molecule has 0 bridgehead atoms. The smallest absolute Gasteiger partial charge is 0.422 e. The monoisotopic (exact) mass is 362 g/mol. The Hall–Kier alpha value is -2.00. The summed E-state index contributed by atoms with van der Waals surface area (Å²) >= 11 is 0. The summed E-state index contributed by atoms with van der Waals surface area (Å²) in [4.78, 5) is 13.0. The number of hydrogen-bond donors (Lipinski definition) is 1. The van der Waals surface area contributed by atoms with Crippen molar-refractivity contribution in [3.8, 4) is 0 Å². The number of nitrogens with one attached hydrogen (secondary N) is 1. The van der Waals surface area contributed by atoms with Crippen LogP contribution in [0, 0.1) is 0 Å². The van der Waals surface area contributed by atoms with Gasteiger partial charge in [0.15, 0.2) is 6.61 Å². The number of carbonyl (C=O) groups excluding carboxylic acids is 1. The van der Waals surface area contributed by atoms with Crippen molar-refractivity contribution in [2.24, 2.45) is 0 Å². The van der Waals surface area contributed by atoms with Crippen LogP contribution in [0.1, 0.15) is 6.42 Å². The molecule has 0 saturated carbocycles. The maximum atomic E-state index is 12.1. The molecule has 0 unspecified atom stereocenters. The van der Waals surface area contributed by atoms with E-state index in [2.05, 4.69) is 10.1 Å². The molecule has 2 heterocycles. The molecular formula is C16H21F3N2O4. The van der Waals surface area contributed by atoms with E-state index < -0.39 is 18.9 Å². The number of hydrogen-bond acceptors (Lipinski definition) is 5. The third-order valence-electron chi connectivity index (χ3n) is 3.39. The minimum absolute atomic E-state index is 0.320. The van der Waals surface area contributed by atoms with Crippen LogP contribution in [0.25, 0.3) is 0 Å². The Morgan fingerprint density at radius 3 is 2.40 bits per heavy atom. The van der Waals surface area contributed by atoms with Gasteiger partial charge in [-0.05, 0) is 18.6 Å². The average Bonchev–Trinajstić information content (AvgIpc) is 2.84. The lowest BCUT2D eigenvalue weighted by atomic mass is 10.2. The van der Waals surface area contributed by atoms with Crippen molar-refractivity contribution in [3.63, 3.8) is 0 Å². The van der Waals surface area contributed by atoms with Crippen LogP contribution in [0.5, 0.6) is 0 Å². The normalized spacial score (nSPS) is 17.3. The highest BCUT2D eigenvalue weighted by Crippen LogP contribution is 2.28. The fraction of sp³-hybridized carbons (Fsp3) is 0.562. The lowest BCUT2D eigenvalue weighted by Crippen LogP contribution is -2.34.